The van der Waals surface area contributed by atoms with Crippen molar-refractivity contribution in [2.24, 2.45) is 0 Å². The Hall–Kier alpha value is -2.63. The summed E-state index contributed by atoms with van der Waals surface area (Å²) in [5.41, 5.74) is 3.46. The fourth-order valence-corrected chi connectivity index (χ4v) is 3.49. The minimum absolute atomic E-state index is 0.0705. The zero-order chi connectivity index (χ0) is 18.7. The van der Waals surface area contributed by atoms with Crippen molar-refractivity contribution in [2.45, 2.75) is 52.5 Å². The van der Waals surface area contributed by atoms with Gasteiger partial charge in [-0.05, 0) is 51.3 Å². The van der Waals surface area contributed by atoms with Gasteiger partial charge in [-0.1, -0.05) is 17.3 Å². The molecule has 1 unspecified atom stereocenters. The smallest absolute Gasteiger partial charge is 0.227 e. The quantitative estimate of drug-likeness (QED) is 0.893. The van der Waals surface area contributed by atoms with Crippen LogP contribution in [0.1, 0.15) is 54.7 Å². The number of anilines is 1. The fourth-order valence-electron chi connectivity index (χ4n) is 3.49. The van der Waals surface area contributed by atoms with Gasteiger partial charge >= 0.3 is 0 Å². The highest BCUT2D eigenvalue weighted by molar-refractivity contribution is 5.94. The van der Waals surface area contributed by atoms with E-state index in [9.17, 15) is 9.59 Å². The highest BCUT2D eigenvalue weighted by atomic mass is 16.5. The van der Waals surface area contributed by atoms with Gasteiger partial charge in [0.15, 0.2) is 0 Å². The molecule has 1 aliphatic heterocycles. The highest BCUT2D eigenvalue weighted by Gasteiger charge is 2.23. The first-order valence-corrected chi connectivity index (χ1v) is 9.07. The van der Waals surface area contributed by atoms with Gasteiger partial charge in [-0.25, -0.2) is 0 Å². The SMILES string of the molecule is Cc1noc(C)c1C(C)C(=O)NCc1cccc(N2CCCCC2=O)c1. The number of piperidine rings is 1. The molecule has 1 N–H and O–H groups in total. The molecule has 0 spiro atoms. The van der Waals surface area contributed by atoms with Gasteiger partial charge in [-0.15, -0.1) is 0 Å². The molecule has 1 atom stereocenters. The molecule has 0 bridgehead atoms. The van der Waals surface area contributed by atoms with Crippen LogP contribution in [-0.2, 0) is 16.1 Å². The van der Waals surface area contributed by atoms with Gasteiger partial charge in [-0.2, -0.15) is 0 Å². The molecular weight excluding hydrogens is 330 g/mol. The summed E-state index contributed by atoms with van der Waals surface area (Å²) < 4.78 is 5.15. The van der Waals surface area contributed by atoms with Gasteiger partial charge in [0.1, 0.15) is 5.76 Å². The second kappa shape index (κ2) is 7.72. The molecule has 1 aromatic carbocycles. The standard InChI is InChI=1S/C20H25N3O3/c1-13(19-14(2)22-26-15(19)3)20(25)21-12-16-7-6-8-17(11-16)23-10-5-4-9-18(23)24/h6-8,11,13H,4-5,9-10,12H2,1-3H3,(H,21,25). The van der Waals surface area contributed by atoms with Gasteiger partial charge in [0.05, 0.1) is 11.6 Å². The van der Waals surface area contributed by atoms with Gasteiger partial charge in [0.25, 0.3) is 0 Å². The first kappa shape index (κ1) is 18.2. The Morgan fingerprint density at radius 1 is 1.35 bits per heavy atom. The van der Waals surface area contributed by atoms with E-state index in [0.717, 1.165) is 41.9 Å². The lowest BCUT2D eigenvalue weighted by molar-refractivity contribution is -0.122. The number of aromatic nitrogens is 1. The second-order valence-electron chi connectivity index (χ2n) is 6.85. The fraction of sp³-hybridized carbons (Fsp3) is 0.450. The van der Waals surface area contributed by atoms with E-state index < -0.39 is 0 Å². The number of hydrogen-bond donors (Lipinski definition) is 1. The summed E-state index contributed by atoms with van der Waals surface area (Å²) in [6.07, 6.45) is 2.60. The molecule has 2 aromatic rings. The maximum Gasteiger partial charge on any atom is 0.227 e. The summed E-state index contributed by atoms with van der Waals surface area (Å²) in [6.45, 7) is 6.69. The number of carbonyl (C=O) groups is 2. The van der Waals surface area contributed by atoms with E-state index in [1.165, 1.54) is 0 Å². The van der Waals surface area contributed by atoms with Crippen LogP contribution < -0.4 is 10.2 Å². The van der Waals surface area contributed by atoms with E-state index in [1.54, 1.807) is 0 Å². The van der Waals surface area contributed by atoms with Crippen LogP contribution >= 0.6 is 0 Å². The van der Waals surface area contributed by atoms with Crippen LogP contribution in [0.2, 0.25) is 0 Å². The summed E-state index contributed by atoms with van der Waals surface area (Å²) in [6, 6.07) is 7.81. The Morgan fingerprint density at radius 2 is 2.15 bits per heavy atom. The molecule has 2 amide bonds. The number of nitrogens with one attached hydrogen (secondary N) is 1. The third-order valence-electron chi connectivity index (χ3n) is 4.93. The zero-order valence-electron chi connectivity index (χ0n) is 15.5. The molecule has 1 aromatic heterocycles. The maximum atomic E-state index is 12.5. The van der Waals surface area contributed by atoms with E-state index in [2.05, 4.69) is 10.5 Å². The topological polar surface area (TPSA) is 75.4 Å². The van der Waals surface area contributed by atoms with Crippen molar-refractivity contribution in [1.29, 1.82) is 0 Å². The molecule has 1 fully saturated rings. The van der Waals surface area contributed by atoms with Gasteiger partial charge in [0, 0.05) is 30.8 Å². The third-order valence-corrected chi connectivity index (χ3v) is 4.93. The van der Waals surface area contributed by atoms with Crippen molar-refractivity contribution in [3.8, 4) is 0 Å². The van der Waals surface area contributed by atoms with E-state index in [4.69, 9.17) is 4.52 Å². The Bertz CT molecular complexity index is 793. The lowest BCUT2D eigenvalue weighted by Gasteiger charge is -2.27. The molecule has 6 nitrogen and oxygen atoms in total. The van der Waals surface area contributed by atoms with Crippen molar-refractivity contribution in [3.63, 3.8) is 0 Å². The average Bonchev–Trinajstić information content (AvgIpc) is 2.98. The van der Waals surface area contributed by atoms with Crippen molar-refractivity contribution in [3.05, 3.63) is 46.8 Å². The monoisotopic (exact) mass is 355 g/mol. The van der Waals surface area contributed by atoms with E-state index >= 15 is 0 Å². The molecule has 6 heteroatoms. The molecule has 0 radical (unpaired) electrons. The minimum Gasteiger partial charge on any atom is -0.361 e. The van der Waals surface area contributed by atoms with Crippen molar-refractivity contribution in [2.75, 3.05) is 11.4 Å². The summed E-state index contributed by atoms with van der Waals surface area (Å²) in [7, 11) is 0. The normalized spacial score (nSPS) is 15.8. The zero-order valence-corrected chi connectivity index (χ0v) is 15.5. The minimum atomic E-state index is -0.326. The molecule has 26 heavy (non-hydrogen) atoms. The molecule has 3 rings (SSSR count). The van der Waals surface area contributed by atoms with Crippen LogP contribution in [0.4, 0.5) is 5.69 Å². The summed E-state index contributed by atoms with van der Waals surface area (Å²) >= 11 is 0. The Morgan fingerprint density at radius 3 is 2.85 bits per heavy atom. The van der Waals surface area contributed by atoms with E-state index in [-0.39, 0.29) is 17.7 Å². The van der Waals surface area contributed by atoms with Gasteiger partial charge < -0.3 is 14.7 Å². The molecule has 0 aliphatic carbocycles. The van der Waals surface area contributed by atoms with Crippen molar-refractivity contribution < 1.29 is 14.1 Å². The second-order valence-corrected chi connectivity index (χ2v) is 6.85. The highest BCUT2D eigenvalue weighted by Crippen LogP contribution is 2.24. The molecule has 1 saturated heterocycles. The molecule has 1 aliphatic rings. The first-order valence-electron chi connectivity index (χ1n) is 9.07. The van der Waals surface area contributed by atoms with Crippen molar-refractivity contribution in [1.82, 2.24) is 10.5 Å². The largest absolute Gasteiger partial charge is 0.361 e. The lowest BCUT2D eigenvalue weighted by atomic mass is 9.98. The number of benzene rings is 1. The van der Waals surface area contributed by atoms with Crippen LogP contribution in [0.3, 0.4) is 0 Å². The number of nitrogens with zero attached hydrogens (tertiary/aromatic N) is 2. The molecular formula is C20H25N3O3. The maximum absolute atomic E-state index is 12.5. The van der Waals surface area contributed by atoms with Crippen LogP contribution in [0.5, 0.6) is 0 Å². The number of aryl methyl sites for hydroxylation is 2. The van der Waals surface area contributed by atoms with Crippen LogP contribution in [-0.4, -0.2) is 23.5 Å². The van der Waals surface area contributed by atoms with E-state index in [0.29, 0.717) is 18.7 Å². The lowest BCUT2D eigenvalue weighted by Crippen LogP contribution is -2.35. The Labute approximate surface area is 153 Å². The van der Waals surface area contributed by atoms with Crippen LogP contribution in [0.15, 0.2) is 28.8 Å². The van der Waals surface area contributed by atoms with E-state index in [1.807, 2.05) is 49.9 Å². The summed E-state index contributed by atoms with van der Waals surface area (Å²) in [4.78, 5) is 26.4. The number of amides is 2. The molecule has 2 heterocycles. The first-order chi connectivity index (χ1) is 12.5. The third kappa shape index (κ3) is 3.79. The predicted octanol–water partition coefficient (Wildman–Crippen LogP) is 3.23. The Balaban J connectivity index is 1.65. The van der Waals surface area contributed by atoms with Crippen LogP contribution in [0.25, 0.3) is 0 Å². The Kier molecular flexibility index (Phi) is 5.40. The number of carbonyl (C=O) groups excluding carboxylic acids is 2. The van der Waals surface area contributed by atoms with Gasteiger partial charge in [-0.3, -0.25) is 9.59 Å². The average molecular weight is 355 g/mol. The number of hydrogen-bond acceptors (Lipinski definition) is 4. The predicted molar refractivity (Wildman–Crippen MR) is 98.9 cm³/mol. The number of rotatable bonds is 5. The summed E-state index contributed by atoms with van der Waals surface area (Å²) in [5.74, 6) is 0.451. The molecule has 0 saturated carbocycles. The summed E-state index contributed by atoms with van der Waals surface area (Å²) in [5, 5.41) is 6.89. The van der Waals surface area contributed by atoms with Crippen molar-refractivity contribution >= 4 is 17.5 Å². The molecule has 138 valence electrons. The van der Waals surface area contributed by atoms with Crippen LogP contribution in [0, 0.1) is 13.8 Å². The van der Waals surface area contributed by atoms with Gasteiger partial charge in [0.2, 0.25) is 11.8 Å².